The molecule has 4 nitrogen and oxygen atoms in total. The fourth-order valence-corrected chi connectivity index (χ4v) is 2.70. The predicted molar refractivity (Wildman–Crippen MR) is 76.9 cm³/mol. The van der Waals surface area contributed by atoms with E-state index in [1.807, 2.05) is 11.5 Å². The summed E-state index contributed by atoms with van der Waals surface area (Å²) in [6.45, 7) is 1.90. The molecule has 6 heteroatoms. The molecule has 2 aromatic rings. The van der Waals surface area contributed by atoms with Gasteiger partial charge in [0.2, 0.25) is 0 Å². The summed E-state index contributed by atoms with van der Waals surface area (Å²) in [7, 11) is 0. The second-order valence-electron chi connectivity index (χ2n) is 3.11. The van der Waals surface area contributed by atoms with Gasteiger partial charge in [-0.25, -0.2) is 9.97 Å². The molecule has 0 unspecified atom stereocenters. The molecule has 0 aliphatic carbocycles. The lowest BCUT2D eigenvalue weighted by Crippen LogP contribution is -2.05. The summed E-state index contributed by atoms with van der Waals surface area (Å²) in [5.41, 5.74) is 0.567. The number of carbonyl (C=O) groups is 1. The molecular weight excluding hydrogens is 432 g/mol. The number of hydrogen-bond acceptors (Lipinski definition) is 3. The van der Waals surface area contributed by atoms with Crippen molar-refractivity contribution in [1.82, 2.24) is 14.5 Å². The Morgan fingerprint density at radius 1 is 1.44 bits per heavy atom. The van der Waals surface area contributed by atoms with Crippen molar-refractivity contribution in [3.05, 3.63) is 37.1 Å². The second kappa shape index (κ2) is 4.78. The van der Waals surface area contributed by atoms with Gasteiger partial charge in [0.15, 0.2) is 6.29 Å². The maximum absolute atomic E-state index is 11.0. The Bertz CT molecular complexity index is 551. The van der Waals surface area contributed by atoms with Crippen LogP contribution in [-0.4, -0.2) is 20.8 Å². The third-order valence-corrected chi connectivity index (χ3v) is 4.88. The lowest BCUT2D eigenvalue weighted by atomic mass is 10.3. The summed E-state index contributed by atoms with van der Waals surface area (Å²) in [5, 5.41) is 0. The number of imidazole rings is 1. The van der Waals surface area contributed by atoms with Crippen LogP contribution in [0.5, 0.6) is 0 Å². The van der Waals surface area contributed by atoms with E-state index in [-0.39, 0.29) is 0 Å². The molecule has 0 spiro atoms. The minimum atomic E-state index is 0.567. The Balaban J connectivity index is 2.71. The predicted octanol–water partition coefficient (Wildman–Crippen LogP) is 2.60. The van der Waals surface area contributed by atoms with E-state index in [0.29, 0.717) is 11.4 Å². The van der Waals surface area contributed by atoms with Gasteiger partial charge in [-0.1, -0.05) is 0 Å². The number of hydrogen-bond donors (Lipinski definition) is 0. The van der Waals surface area contributed by atoms with Crippen molar-refractivity contribution in [2.24, 2.45) is 0 Å². The molecule has 0 atom stereocenters. The van der Waals surface area contributed by atoms with E-state index in [0.717, 1.165) is 19.5 Å². The van der Waals surface area contributed by atoms with Crippen LogP contribution in [0.3, 0.4) is 0 Å². The van der Waals surface area contributed by atoms with Crippen LogP contribution in [0, 0.1) is 14.3 Å². The number of rotatable bonds is 2. The molecule has 0 fully saturated rings. The highest BCUT2D eigenvalue weighted by Crippen LogP contribution is 2.21. The molecule has 0 N–H and O–H groups in total. The molecule has 0 aromatic carbocycles. The first-order valence-corrected chi connectivity index (χ1v) is 6.62. The van der Waals surface area contributed by atoms with Crippen molar-refractivity contribution in [1.29, 1.82) is 0 Å². The number of aryl methyl sites for hydroxylation is 1. The Hall–Kier alpha value is -0.510. The SMILES string of the molecule is Cc1nc(I)c(I)n1-c1ncccc1C=O. The maximum Gasteiger partial charge on any atom is 0.153 e. The summed E-state index contributed by atoms with van der Waals surface area (Å²) in [4.78, 5) is 19.5. The average molecular weight is 439 g/mol. The van der Waals surface area contributed by atoms with Crippen molar-refractivity contribution >= 4 is 51.5 Å². The molecule has 0 bridgehead atoms. The topological polar surface area (TPSA) is 47.8 Å². The summed E-state index contributed by atoms with van der Waals surface area (Å²) < 4.78 is 3.77. The molecule has 2 heterocycles. The first-order chi connectivity index (χ1) is 7.65. The van der Waals surface area contributed by atoms with Crippen LogP contribution < -0.4 is 0 Å². The number of carbonyl (C=O) groups excluding carboxylic acids is 1. The van der Waals surface area contributed by atoms with E-state index in [9.17, 15) is 4.79 Å². The van der Waals surface area contributed by atoms with Gasteiger partial charge in [-0.15, -0.1) is 0 Å². The van der Waals surface area contributed by atoms with Crippen LogP contribution in [0.15, 0.2) is 18.3 Å². The summed E-state index contributed by atoms with van der Waals surface area (Å²) in [5.74, 6) is 1.46. The normalized spacial score (nSPS) is 10.4. The minimum absolute atomic E-state index is 0.567. The molecule has 0 amide bonds. The molecule has 0 saturated heterocycles. The summed E-state index contributed by atoms with van der Waals surface area (Å²) >= 11 is 4.37. The van der Waals surface area contributed by atoms with Crippen molar-refractivity contribution < 1.29 is 4.79 Å². The fraction of sp³-hybridized carbons (Fsp3) is 0.100. The van der Waals surface area contributed by atoms with Crippen LogP contribution >= 0.6 is 45.2 Å². The summed E-state index contributed by atoms with van der Waals surface area (Å²) in [6.07, 6.45) is 2.48. The van der Waals surface area contributed by atoms with Crippen LogP contribution in [0.4, 0.5) is 0 Å². The van der Waals surface area contributed by atoms with Crippen molar-refractivity contribution in [2.75, 3.05) is 0 Å². The second-order valence-corrected chi connectivity index (χ2v) is 5.15. The molecule has 2 aromatic heterocycles. The van der Waals surface area contributed by atoms with Crippen LogP contribution in [-0.2, 0) is 0 Å². The molecule has 16 heavy (non-hydrogen) atoms. The highest BCUT2D eigenvalue weighted by Gasteiger charge is 2.14. The molecule has 2 rings (SSSR count). The molecule has 82 valence electrons. The van der Waals surface area contributed by atoms with Gasteiger partial charge in [-0.2, -0.15) is 0 Å². The monoisotopic (exact) mass is 439 g/mol. The fourth-order valence-electron chi connectivity index (χ4n) is 1.41. The van der Waals surface area contributed by atoms with E-state index in [2.05, 4.69) is 55.1 Å². The smallest absolute Gasteiger partial charge is 0.153 e. The lowest BCUT2D eigenvalue weighted by Gasteiger charge is -2.07. The Morgan fingerprint density at radius 3 is 2.75 bits per heavy atom. The zero-order valence-electron chi connectivity index (χ0n) is 8.32. The zero-order chi connectivity index (χ0) is 11.7. The van der Waals surface area contributed by atoms with Crippen molar-refractivity contribution in [3.8, 4) is 5.82 Å². The van der Waals surface area contributed by atoms with E-state index in [1.54, 1.807) is 18.3 Å². The highest BCUT2D eigenvalue weighted by atomic mass is 127. The highest BCUT2D eigenvalue weighted by molar-refractivity contribution is 14.1. The summed E-state index contributed by atoms with van der Waals surface area (Å²) in [6, 6.07) is 3.50. The van der Waals surface area contributed by atoms with Crippen LogP contribution in [0.25, 0.3) is 5.82 Å². The van der Waals surface area contributed by atoms with Gasteiger partial charge < -0.3 is 0 Å². The zero-order valence-corrected chi connectivity index (χ0v) is 12.6. The van der Waals surface area contributed by atoms with Crippen LogP contribution in [0.2, 0.25) is 0 Å². The Kier molecular flexibility index (Phi) is 3.57. The van der Waals surface area contributed by atoms with Gasteiger partial charge in [0.25, 0.3) is 0 Å². The number of aldehydes is 1. The molecule has 0 aliphatic rings. The van der Waals surface area contributed by atoms with Gasteiger partial charge in [-0.3, -0.25) is 9.36 Å². The third-order valence-electron chi connectivity index (χ3n) is 2.11. The molecular formula is C10H7I2N3O. The standard InChI is InChI=1S/C10H7I2N3O/c1-6-14-8(11)9(12)15(6)10-7(5-16)3-2-4-13-10/h2-5H,1H3. The lowest BCUT2D eigenvalue weighted by molar-refractivity contribution is 0.112. The quantitative estimate of drug-likeness (QED) is 0.535. The van der Waals surface area contributed by atoms with E-state index in [1.165, 1.54) is 0 Å². The van der Waals surface area contributed by atoms with Gasteiger partial charge in [0, 0.05) is 6.20 Å². The number of nitrogens with zero attached hydrogens (tertiary/aromatic N) is 3. The number of pyridine rings is 1. The van der Waals surface area contributed by atoms with Gasteiger partial charge >= 0.3 is 0 Å². The Morgan fingerprint density at radius 2 is 2.19 bits per heavy atom. The molecule has 0 saturated carbocycles. The van der Waals surface area contributed by atoms with Crippen molar-refractivity contribution in [3.63, 3.8) is 0 Å². The van der Waals surface area contributed by atoms with E-state index < -0.39 is 0 Å². The maximum atomic E-state index is 11.0. The van der Waals surface area contributed by atoms with Gasteiger partial charge in [0.1, 0.15) is 19.0 Å². The van der Waals surface area contributed by atoms with Gasteiger partial charge in [0.05, 0.1) is 5.56 Å². The minimum Gasteiger partial charge on any atom is -0.298 e. The average Bonchev–Trinajstić information content (AvgIpc) is 2.53. The van der Waals surface area contributed by atoms with Crippen LogP contribution in [0.1, 0.15) is 16.2 Å². The number of aromatic nitrogens is 3. The van der Waals surface area contributed by atoms with Crippen molar-refractivity contribution in [2.45, 2.75) is 6.92 Å². The molecule has 0 radical (unpaired) electrons. The van der Waals surface area contributed by atoms with E-state index in [4.69, 9.17) is 0 Å². The first-order valence-electron chi connectivity index (χ1n) is 4.46. The number of halogens is 2. The largest absolute Gasteiger partial charge is 0.298 e. The molecule has 0 aliphatic heterocycles. The van der Waals surface area contributed by atoms with E-state index >= 15 is 0 Å². The van der Waals surface area contributed by atoms with Gasteiger partial charge in [-0.05, 0) is 64.2 Å². The first kappa shape index (κ1) is 12.0. The Labute approximate surface area is 120 Å². The third kappa shape index (κ3) is 1.99.